The van der Waals surface area contributed by atoms with Crippen molar-refractivity contribution in [2.24, 2.45) is 0 Å². The van der Waals surface area contributed by atoms with Crippen LogP contribution < -0.4 is 4.90 Å². The summed E-state index contributed by atoms with van der Waals surface area (Å²) in [6, 6.07) is 15.9. The van der Waals surface area contributed by atoms with Gasteiger partial charge in [-0.15, -0.1) is 0 Å². The number of anilines is 1. The van der Waals surface area contributed by atoms with Gasteiger partial charge in [-0.2, -0.15) is 0 Å². The van der Waals surface area contributed by atoms with Crippen LogP contribution in [0, 0.1) is 0 Å². The van der Waals surface area contributed by atoms with Crippen molar-refractivity contribution >= 4 is 17.5 Å². The number of nitrogens with zero attached hydrogens (tertiary/aromatic N) is 2. The number of hydrogen-bond donors (Lipinski definition) is 0. The Hall–Kier alpha value is -2.62. The second-order valence-electron chi connectivity index (χ2n) is 6.47. The van der Waals surface area contributed by atoms with E-state index < -0.39 is 0 Å². The van der Waals surface area contributed by atoms with Crippen molar-refractivity contribution in [3.05, 3.63) is 65.2 Å². The fourth-order valence-electron chi connectivity index (χ4n) is 3.11. The fraction of sp³-hybridized carbons (Fsp3) is 0.364. The number of rotatable bonds is 7. The van der Waals surface area contributed by atoms with Crippen molar-refractivity contribution in [3.63, 3.8) is 0 Å². The molecule has 0 fully saturated rings. The SMILES string of the molecule is CCc1cccc(CC)c1N(CC(=O)N(C)Cc1ccccc1)C(C)=O. The molecule has 0 spiro atoms. The largest absolute Gasteiger partial charge is 0.340 e. The Morgan fingerprint density at radius 1 is 0.885 bits per heavy atom. The Morgan fingerprint density at radius 2 is 1.46 bits per heavy atom. The van der Waals surface area contributed by atoms with Crippen molar-refractivity contribution in [3.8, 4) is 0 Å². The molecule has 0 aliphatic heterocycles. The zero-order valence-corrected chi connectivity index (χ0v) is 16.2. The maximum absolute atomic E-state index is 12.8. The van der Waals surface area contributed by atoms with Gasteiger partial charge in [0, 0.05) is 20.5 Å². The third-order valence-electron chi connectivity index (χ3n) is 4.60. The third kappa shape index (κ3) is 4.72. The van der Waals surface area contributed by atoms with Crippen molar-refractivity contribution in [1.82, 2.24) is 4.90 Å². The van der Waals surface area contributed by atoms with Crippen LogP contribution in [0.3, 0.4) is 0 Å². The van der Waals surface area contributed by atoms with Crippen molar-refractivity contribution in [1.29, 1.82) is 0 Å². The van der Waals surface area contributed by atoms with Crippen LogP contribution in [0.2, 0.25) is 0 Å². The van der Waals surface area contributed by atoms with Crippen LogP contribution in [0.4, 0.5) is 5.69 Å². The summed E-state index contributed by atoms with van der Waals surface area (Å²) in [6.45, 7) is 6.25. The number of likely N-dealkylation sites (N-methyl/N-ethyl adjacent to an activating group) is 1. The molecule has 0 heterocycles. The van der Waals surface area contributed by atoms with Crippen LogP contribution in [0.25, 0.3) is 0 Å². The van der Waals surface area contributed by atoms with E-state index in [2.05, 4.69) is 13.8 Å². The van der Waals surface area contributed by atoms with Gasteiger partial charge in [0.2, 0.25) is 11.8 Å². The Bertz CT molecular complexity index is 734. The summed E-state index contributed by atoms with van der Waals surface area (Å²) in [5.41, 5.74) is 4.16. The zero-order chi connectivity index (χ0) is 19.1. The van der Waals surface area contributed by atoms with E-state index in [4.69, 9.17) is 0 Å². The average Bonchev–Trinajstić information content (AvgIpc) is 2.65. The van der Waals surface area contributed by atoms with Crippen LogP contribution in [0.5, 0.6) is 0 Å². The van der Waals surface area contributed by atoms with Gasteiger partial charge in [-0.3, -0.25) is 9.59 Å². The first-order chi connectivity index (χ1) is 12.5. The lowest BCUT2D eigenvalue weighted by Gasteiger charge is -2.28. The van der Waals surface area contributed by atoms with Crippen LogP contribution in [-0.4, -0.2) is 30.3 Å². The zero-order valence-electron chi connectivity index (χ0n) is 16.2. The average molecular weight is 352 g/mol. The van der Waals surface area contributed by atoms with Gasteiger partial charge in [0.25, 0.3) is 0 Å². The molecule has 138 valence electrons. The number of aryl methyl sites for hydroxylation is 2. The first-order valence-corrected chi connectivity index (χ1v) is 9.14. The lowest BCUT2D eigenvalue weighted by molar-refractivity contribution is -0.130. The minimum absolute atomic E-state index is 0.0582. The Balaban J connectivity index is 2.23. The second kappa shape index (κ2) is 9.18. The molecule has 0 radical (unpaired) electrons. The molecule has 4 heteroatoms. The van der Waals surface area contributed by atoms with Gasteiger partial charge in [0.15, 0.2) is 0 Å². The summed E-state index contributed by atoms with van der Waals surface area (Å²) in [4.78, 5) is 28.4. The van der Waals surface area contributed by atoms with Crippen LogP contribution in [-0.2, 0) is 29.0 Å². The van der Waals surface area contributed by atoms with E-state index in [1.54, 1.807) is 16.8 Å². The summed E-state index contributed by atoms with van der Waals surface area (Å²) in [5, 5.41) is 0. The maximum Gasteiger partial charge on any atom is 0.242 e. The van der Waals surface area contributed by atoms with E-state index in [-0.39, 0.29) is 18.4 Å². The number of carbonyl (C=O) groups excluding carboxylic acids is 2. The maximum atomic E-state index is 12.8. The van der Waals surface area contributed by atoms with E-state index in [0.717, 1.165) is 35.2 Å². The van der Waals surface area contributed by atoms with Gasteiger partial charge >= 0.3 is 0 Å². The van der Waals surface area contributed by atoms with E-state index in [1.807, 2.05) is 48.5 Å². The van der Waals surface area contributed by atoms with Gasteiger partial charge in [0.1, 0.15) is 6.54 Å². The molecule has 0 saturated heterocycles. The van der Waals surface area contributed by atoms with Crippen molar-refractivity contribution in [2.75, 3.05) is 18.5 Å². The Labute approximate surface area is 156 Å². The monoisotopic (exact) mass is 352 g/mol. The minimum Gasteiger partial charge on any atom is -0.340 e. The van der Waals surface area contributed by atoms with Gasteiger partial charge < -0.3 is 9.80 Å². The quantitative estimate of drug-likeness (QED) is 0.760. The molecular weight excluding hydrogens is 324 g/mol. The minimum atomic E-state index is -0.109. The number of benzene rings is 2. The molecule has 0 aromatic heterocycles. The molecule has 0 saturated carbocycles. The first kappa shape index (κ1) is 19.7. The van der Waals surface area contributed by atoms with Crippen LogP contribution in [0.1, 0.15) is 37.5 Å². The smallest absolute Gasteiger partial charge is 0.242 e. The molecule has 0 atom stereocenters. The van der Waals surface area contributed by atoms with Crippen LogP contribution in [0.15, 0.2) is 48.5 Å². The molecule has 4 nitrogen and oxygen atoms in total. The van der Waals surface area contributed by atoms with E-state index in [9.17, 15) is 9.59 Å². The van der Waals surface area contributed by atoms with Crippen molar-refractivity contribution < 1.29 is 9.59 Å². The lowest BCUT2D eigenvalue weighted by Crippen LogP contribution is -2.41. The highest BCUT2D eigenvalue weighted by Crippen LogP contribution is 2.27. The predicted octanol–water partition coefficient (Wildman–Crippen LogP) is 3.82. The van der Waals surface area contributed by atoms with E-state index in [1.165, 1.54) is 6.92 Å². The normalized spacial score (nSPS) is 10.5. The molecule has 0 N–H and O–H groups in total. The Morgan fingerprint density at radius 3 is 1.96 bits per heavy atom. The molecular formula is C22H28N2O2. The number of para-hydroxylation sites is 1. The number of amides is 2. The number of hydrogen-bond acceptors (Lipinski definition) is 2. The molecule has 0 aliphatic rings. The fourth-order valence-corrected chi connectivity index (χ4v) is 3.11. The highest BCUT2D eigenvalue weighted by Gasteiger charge is 2.22. The second-order valence-corrected chi connectivity index (χ2v) is 6.47. The lowest BCUT2D eigenvalue weighted by atomic mass is 10.0. The Kier molecular flexibility index (Phi) is 6.96. The highest BCUT2D eigenvalue weighted by atomic mass is 16.2. The highest BCUT2D eigenvalue weighted by molar-refractivity contribution is 5.98. The summed E-state index contributed by atoms with van der Waals surface area (Å²) >= 11 is 0. The predicted molar refractivity (Wildman–Crippen MR) is 106 cm³/mol. The van der Waals surface area contributed by atoms with Gasteiger partial charge in [-0.05, 0) is 29.5 Å². The molecule has 0 bridgehead atoms. The standard InChI is InChI=1S/C22H28N2O2/c1-5-19-13-10-14-20(6-2)22(19)24(17(3)25)16-21(26)23(4)15-18-11-8-7-9-12-18/h7-14H,5-6,15-16H2,1-4H3. The molecule has 2 rings (SSSR count). The van der Waals surface area contributed by atoms with E-state index in [0.29, 0.717) is 6.54 Å². The molecule has 2 aromatic carbocycles. The molecule has 2 aromatic rings. The first-order valence-electron chi connectivity index (χ1n) is 9.14. The summed E-state index contributed by atoms with van der Waals surface area (Å²) in [6.07, 6.45) is 1.64. The van der Waals surface area contributed by atoms with Crippen LogP contribution >= 0.6 is 0 Å². The van der Waals surface area contributed by atoms with Gasteiger partial charge in [0.05, 0.1) is 5.69 Å². The van der Waals surface area contributed by atoms with Crippen molar-refractivity contribution in [2.45, 2.75) is 40.2 Å². The van der Waals surface area contributed by atoms with Gasteiger partial charge in [-0.1, -0.05) is 62.4 Å². The molecule has 0 aliphatic carbocycles. The summed E-state index contributed by atoms with van der Waals surface area (Å²) in [5.74, 6) is -0.181. The number of carbonyl (C=O) groups is 2. The molecule has 2 amide bonds. The van der Waals surface area contributed by atoms with E-state index >= 15 is 0 Å². The molecule has 26 heavy (non-hydrogen) atoms. The summed E-state index contributed by atoms with van der Waals surface area (Å²) in [7, 11) is 1.78. The third-order valence-corrected chi connectivity index (χ3v) is 4.60. The summed E-state index contributed by atoms with van der Waals surface area (Å²) < 4.78 is 0. The van der Waals surface area contributed by atoms with Gasteiger partial charge in [-0.25, -0.2) is 0 Å². The topological polar surface area (TPSA) is 40.6 Å². The molecule has 0 unspecified atom stereocenters.